The maximum atomic E-state index is 11.0. The molecule has 1 N–H and O–H groups in total. The molecule has 3 nitrogen and oxygen atoms in total. The highest BCUT2D eigenvalue weighted by molar-refractivity contribution is 5.66. The van der Waals surface area contributed by atoms with Crippen LogP contribution in [0.15, 0.2) is 0 Å². The molecule has 0 radical (unpaired) electrons. The van der Waals surface area contributed by atoms with Crippen LogP contribution in [0.25, 0.3) is 0 Å². The lowest BCUT2D eigenvalue weighted by Gasteiger charge is -1.91. The van der Waals surface area contributed by atoms with Crippen LogP contribution in [-0.2, 0) is 9.53 Å². The third kappa shape index (κ3) is 5.36. The Bertz CT molecular complexity index is 73.7. The predicted molar refractivity (Wildman–Crippen MR) is 24.2 cm³/mol. The lowest BCUT2D eigenvalue weighted by molar-refractivity contribution is -0.138. The molecule has 0 atom stereocenters. The van der Waals surface area contributed by atoms with Crippen molar-refractivity contribution in [3.63, 3.8) is 0 Å². The number of carboxylic acid groups (broad SMARTS) is 1. The quantitative estimate of drug-likeness (QED) is 0.549. The summed E-state index contributed by atoms with van der Waals surface area (Å²) in [5.74, 6) is -0.974. The van der Waals surface area contributed by atoms with Gasteiger partial charge in [0, 0.05) is 0 Å². The summed E-state index contributed by atoms with van der Waals surface area (Å²) in [5.41, 5.74) is 0. The molecule has 0 aliphatic rings. The van der Waals surface area contributed by atoms with Crippen molar-refractivity contribution in [3.05, 3.63) is 0 Å². The van der Waals surface area contributed by atoms with E-state index in [2.05, 4.69) is 4.74 Å². The molecule has 0 aliphatic carbocycles. The number of carboxylic acids is 1. The second-order valence-electron chi connectivity index (χ2n) is 1.16. The summed E-state index contributed by atoms with van der Waals surface area (Å²) in [6.07, 6.45) is -0.135. The number of carbonyl (C=O) groups is 1. The standard InChI is InChI=1S/C4H7FO3/c5-3-8-2-1-4(6)7/h1-3H2,(H,6,7). The van der Waals surface area contributed by atoms with Gasteiger partial charge in [0.05, 0.1) is 13.0 Å². The van der Waals surface area contributed by atoms with Crippen molar-refractivity contribution in [2.45, 2.75) is 6.42 Å². The Morgan fingerprint density at radius 3 is 2.75 bits per heavy atom. The van der Waals surface area contributed by atoms with Crippen molar-refractivity contribution in [1.29, 1.82) is 0 Å². The fraction of sp³-hybridized carbons (Fsp3) is 0.750. The average Bonchev–Trinajstić information content (AvgIpc) is 1.66. The van der Waals surface area contributed by atoms with Gasteiger partial charge in [0.25, 0.3) is 0 Å². The van der Waals surface area contributed by atoms with E-state index in [4.69, 9.17) is 5.11 Å². The zero-order chi connectivity index (χ0) is 6.41. The van der Waals surface area contributed by atoms with E-state index in [1.165, 1.54) is 0 Å². The van der Waals surface area contributed by atoms with Gasteiger partial charge in [-0.2, -0.15) is 0 Å². The van der Waals surface area contributed by atoms with Gasteiger partial charge in [-0.1, -0.05) is 0 Å². The Hall–Kier alpha value is -0.640. The first-order valence-electron chi connectivity index (χ1n) is 2.13. The maximum Gasteiger partial charge on any atom is 0.305 e. The molecule has 0 heterocycles. The maximum absolute atomic E-state index is 11.0. The van der Waals surface area contributed by atoms with E-state index in [1.807, 2.05) is 0 Å². The van der Waals surface area contributed by atoms with Crippen LogP contribution in [-0.4, -0.2) is 24.5 Å². The van der Waals surface area contributed by atoms with E-state index < -0.39 is 12.8 Å². The van der Waals surface area contributed by atoms with Crippen molar-refractivity contribution < 1.29 is 19.0 Å². The molecule has 0 spiro atoms. The fourth-order valence-electron chi connectivity index (χ4n) is 0.214. The van der Waals surface area contributed by atoms with E-state index in [0.717, 1.165) is 0 Å². The van der Waals surface area contributed by atoms with Crippen molar-refractivity contribution >= 4 is 5.97 Å². The molecule has 0 aromatic rings. The predicted octanol–water partition coefficient (Wildman–Crippen LogP) is 0.405. The summed E-state index contributed by atoms with van der Waals surface area (Å²) in [4.78, 5) is 9.67. The van der Waals surface area contributed by atoms with Crippen molar-refractivity contribution in [1.82, 2.24) is 0 Å². The van der Waals surface area contributed by atoms with E-state index in [9.17, 15) is 9.18 Å². The van der Waals surface area contributed by atoms with Crippen LogP contribution >= 0.6 is 0 Å². The smallest absolute Gasteiger partial charge is 0.305 e. The Kier molecular flexibility index (Phi) is 4.16. The highest BCUT2D eigenvalue weighted by Crippen LogP contribution is 1.81. The largest absolute Gasteiger partial charge is 0.481 e. The van der Waals surface area contributed by atoms with E-state index >= 15 is 0 Å². The third-order valence-corrected chi connectivity index (χ3v) is 0.537. The first kappa shape index (κ1) is 7.36. The van der Waals surface area contributed by atoms with Crippen LogP contribution in [0.5, 0.6) is 0 Å². The fourth-order valence-corrected chi connectivity index (χ4v) is 0.214. The highest BCUT2D eigenvalue weighted by atomic mass is 19.1. The molecule has 4 heteroatoms. The zero-order valence-corrected chi connectivity index (χ0v) is 4.26. The molecule has 0 fully saturated rings. The minimum absolute atomic E-state index is 0.0498. The second-order valence-corrected chi connectivity index (χ2v) is 1.16. The SMILES string of the molecule is O=C(O)CCOCF. The van der Waals surface area contributed by atoms with Gasteiger partial charge in [-0.3, -0.25) is 4.79 Å². The molecule has 0 unspecified atom stereocenters. The number of ether oxygens (including phenoxy) is 1. The van der Waals surface area contributed by atoms with E-state index in [-0.39, 0.29) is 13.0 Å². The van der Waals surface area contributed by atoms with Crippen LogP contribution in [0.3, 0.4) is 0 Å². The van der Waals surface area contributed by atoms with Gasteiger partial charge in [0.2, 0.25) is 0 Å². The van der Waals surface area contributed by atoms with Crippen molar-refractivity contribution in [2.24, 2.45) is 0 Å². The molecule has 0 saturated heterocycles. The zero-order valence-electron chi connectivity index (χ0n) is 4.26. The number of halogens is 1. The monoisotopic (exact) mass is 122 g/mol. The molecule has 0 bridgehead atoms. The van der Waals surface area contributed by atoms with E-state index in [1.54, 1.807) is 0 Å². The van der Waals surface area contributed by atoms with Gasteiger partial charge in [-0.05, 0) is 0 Å². The van der Waals surface area contributed by atoms with Crippen LogP contribution in [0.1, 0.15) is 6.42 Å². The number of alkyl halides is 1. The Morgan fingerprint density at radius 2 is 2.38 bits per heavy atom. The molecule has 0 rings (SSSR count). The number of hydrogen-bond acceptors (Lipinski definition) is 2. The number of hydrogen-bond donors (Lipinski definition) is 1. The van der Waals surface area contributed by atoms with Gasteiger partial charge < -0.3 is 9.84 Å². The first-order valence-corrected chi connectivity index (χ1v) is 2.13. The van der Waals surface area contributed by atoms with E-state index in [0.29, 0.717) is 0 Å². The van der Waals surface area contributed by atoms with Crippen LogP contribution < -0.4 is 0 Å². The van der Waals surface area contributed by atoms with Crippen molar-refractivity contribution in [2.75, 3.05) is 13.5 Å². The van der Waals surface area contributed by atoms with Crippen LogP contribution in [0, 0.1) is 0 Å². The lowest BCUT2D eigenvalue weighted by Crippen LogP contribution is -2.01. The Balaban J connectivity index is 2.82. The van der Waals surface area contributed by atoms with Gasteiger partial charge in [0.1, 0.15) is 0 Å². The summed E-state index contributed by atoms with van der Waals surface area (Å²) in [6.45, 7) is -0.959. The molecule has 8 heavy (non-hydrogen) atoms. The average molecular weight is 122 g/mol. The lowest BCUT2D eigenvalue weighted by atomic mass is 10.5. The number of aliphatic carboxylic acids is 1. The minimum Gasteiger partial charge on any atom is -0.481 e. The molecular formula is C4H7FO3. The summed E-state index contributed by atoms with van der Waals surface area (Å²) in [6, 6.07) is 0. The molecule has 0 aliphatic heterocycles. The summed E-state index contributed by atoms with van der Waals surface area (Å²) in [5, 5.41) is 7.94. The van der Waals surface area contributed by atoms with Crippen molar-refractivity contribution in [3.8, 4) is 0 Å². The molecule has 48 valence electrons. The Morgan fingerprint density at radius 1 is 1.75 bits per heavy atom. The topological polar surface area (TPSA) is 46.5 Å². The summed E-state index contributed by atoms with van der Waals surface area (Å²) in [7, 11) is 0. The Labute approximate surface area is 46.1 Å². The molecule has 0 aromatic carbocycles. The van der Waals surface area contributed by atoms with Gasteiger partial charge in [-0.25, -0.2) is 4.39 Å². The van der Waals surface area contributed by atoms with Crippen LogP contribution in [0.2, 0.25) is 0 Å². The minimum atomic E-state index is -0.974. The third-order valence-electron chi connectivity index (χ3n) is 0.537. The number of rotatable bonds is 4. The second kappa shape index (κ2) is 4.52. The molecular weight excluding hydrogens is 115 g/mol. The van der Waals surface area contributed by atoms with Crippen LogP contribution in [0.4, 0.5) is 4.39 Å². The normalized spacial score (nSPS) is 9.12. The summed E-state index contributed by atoms with van der Waals surface area (Å²) >= 11 is 0. The first-order chi connectivity index (χ1) is 3.77. The molecule has 0 aromatic heterocycles. The van der Waals surface area contributed by atoms with Gasteiger partial charge >= 0.3 is 5.97 Å². The van der Waals surface area contributed by atoms with Gasteiger partial charge in [0.15, 0.2) is 6.86 Å². The molecule has 0 amide bonds. The highest BCUT2D eigenvalue weighted by Gasteiger charge is 1.93. The molecule has 0 saturated carbocycles. The summed E-state index contributed by atoms with van der Waals surface area (Å²) < 4.78 is 15.1. The van der Waals surface area contributed by atoms with Gasteiger partial charge in [-0.15, -0.1) is 0 Å².